The predicted molar refractivity (Wildman–Crippen MR) is 88.0 cm³/mol. The molecule has 22 heavy (non-hydrogen) atoms. The van der Waals surface area contributed by atoms with Crippen molar-refractivity contribution in [1.29, 1.82) is 0 Å². The van der Waals surface area contributed by atoms with Gasteiger partial charge in [-0.15, -0.1) is 0 Å². The van der Waals surface area contributed by atoms with Crippen molar-refractivity contribution in [2.24, 2.45) is 7.05 Å². The summed E-state index contributed by atoms with van der Waals surface area (Å²) in [6, 6.07) is 9.13. The third-order valence-corrected chi connectivity index (χ3v) is 4.54. The number of carbonyl (C=O) groups excluding carboxylic acids is 1. The van der Waals surface area contributed by atoms with E-state index in [1.165, 1.54) is 11.3 Å². The SMILES string of the molecule is CNC(=O)[C@@H](Nc1nc2c(s1)c(C)nn2C)c1ccccc1. The van der Waals surface area contributed by atoms with Crippen LogP contribution in [0.5, 0.6) is 0 Å². The number of carbonyl (C=O) groups is 1. The van der Waals surface area contributed by atoms with E-state index in [-0.39, 0.29) is 5.91 Å². The van der Waals surface area contributed by atoms with Crippen LogP contribution in [0.4, 0.5) is 5.13 Å². The summed E-state index contributed by atoms with van der Waals surface area (Å²) in [7, 11) is 3.50. The number of aromatic nitrogens is 3. The van der Waals surface area contributed by atoms with Gasteiger partial charge in [-0.2, -0.15) is 5.10 Å². The summed E-state index contributed by atoms with van der Waals surface area (Å²) < 4.78 is 2.79. The summed E-state index contributed by atoms with van der Waals surface area (Å²) in [6.07, 6.45) is 0. The van der Waals surface area contributed by atoms with Crippen LogP contribution in [0.1, 0.15) is 17.3 Å². The fourth-order valence-electron chi connectivity index (χ4n) is 2.36. The normalized spacial score (nSPS) is 12.3. The van der Waals surface area contributed by atoms with Crippen LogP contribution in [0.25, 0.3) is 10.3 Å². The molecule has 3 aromatic rings. The summed E-state index contributed by atoms with van der Waals surface area (Å²) >= 11 is 1.51. The van der Waals surface area contributed by atoms with E-state index in [1.54, 1.807) is 11.7 Å². The van der Waals surface area contributed by atoms with Gasteiger partial charge in [0.25, 0.3) is 0 Å². The van der Waals surface area contributed by atoms with Crippen LogP contribution >= 0.6 is 11.3 Å². The molecule has 0 saturated carbocycles. The maximum absolute atomic E-state index is 12.2. The minimum atomic E-state index is -0.472. The van der Waals surface area contributed by atoms with Crippen molar-refractivity contribution < 1.29 is 4.79 Å². The summed E-state index contributed by atoms with van der Waals surface area (Å²) in [4.78, 5) is 16.7. The Morgan fingerprint density at radius 1 is 1.32 bits per heavy atom. The van der Waals surface area contributed by atoms with E-state index in [4.69, 9.17) is 0 Å². The molecule has 0 aliphatic rings. The molecule has 0 aliphatic heterocycles. The van der Waals surface area contributed by atoms with Crippen LogP contribution < -0.4 is 10.6 Å². The Kier molecular flexibility index (Phi) is 3.81. The molecule has 1 atom stereocenters. The molecule has 0 bridgehead atoms. The molecule has 7 heteroatoms. The standard InChI is InChI=1S/C15H17N5OS/c1-9-12-13(20(3)19-9)18-15(22-12)17-11(14(21)16-2)10-7-5-4-6-8-10/h4-8,11H,1-3H3,(H,16,21)(H,17,18)/t11-/m0/s1. The smallest absolute Gasteiger partial charge is 0.246 e. The third-order valence-electron chi connectivity index (χ3n) is 3.45. The zero-order valence-electron chi connectivity index (χ0n) is 12.6. The zero-order chi connectivity index (χ0) is 15.7. The lowest BCUT2D eigenvalue weighted by Gasteiger charge is -2.16. The van der Waals surface area contributed by atoms with Crippen molar-refractivity contribution in [2.75, 3.05) is 12.4 Å². The quantitative estimate of drug-likeness (QED) is 0.774. The van der Waals surface area contributed by atoms with Crippen molar-refractivity contribution in [3.63, 3.8) is 0 Å². The fourth-order valence-corrected chi connectivity index (χ4v) is 3.32. The number of nitrogens with one attached hydrogen (secondary N) is 2. The lowest BCUT2D eigenvalue weighted by molar-refractivity contribution is -0.121. The number of hydrogen-bond acceptors (Lipinski definition) is 5. The first-order chi connectivity index (χ1) is 10.6. The number of nitrogens with zero attached hydrogens (tertiary/aromatic N) is 3. The number of likely N-dealkylation sites (N-methyl/N-ethyl adjacent to an activating group) is 1. The van der Waals surface area contributed by atoms with E-state index >= 15 is 0 Å². The number of amides is 1. The molecule has 1 aromatic carbocycles. The van der Waals surface area contributed by atoms with Crippen molar-refractivity contribution in [1.82, 2.24) is 20.1 Å². The second kappa shape index (κ2) is 5.76. The van der Waals surface area contributed by atoms with E-state index in [0.29, 0.717) is 5.13 Å². The highest BCUT2D eigenvalue weighted by atomic mass is 32.1. The van der Waals surface area contributed by atoms with E-state index < -0.39 is 6.04 Å². The van der Waals surface area contributed by atoms with Crippen molar-refractivity contribution in [2.45, 2.75) is 13.0 Å². The first-order valence-electron chi connectivity index (χ1n) is 6.93. The maximum Gasteiger partial charge on any atom is 0.246 e. The molecule has 2 aromatic heterocycles. The van der Waals surface area contributed by atoms with Crippen molar-refractivity contribution in [3.05, 3.63) is 41.6 Å². The topological polar surface area (TPSA) is 71.8 Å². The van der Waals surface area contributed by atoms with Crippen LogP contribution in [-0.2, 0) is 11.8 Å². The van der Waals surface area contributed by atoms with E-state index in [9.17, 15) is 4.79 Å². The van der Waals surface area contributed by atoms with Gasteiger partial charge in [-0.1, -0.05) is 41.7 Å². The van der Waals surface area contributed by atoms with Crippen LogP contribution in [0.2, 0.25) is 0 Å². The number of benzene rings is 1. The molecule has 0 radical (unpaired) electrons. The first kappa shape index (κ1) is 14.5. The monoisotopic (exact) mass is 315 g/mol. The molecule has 0 aliphatic carbocycles. The molecule has 0 saturated heterocycles. The van der Waals surface area contributed by atoms with Crippen molar-refractivity contribution in [3.8, 4) is 0 Å². The molecule has 1 amide bonds. The molecule has 114 valence electrons. The average molecular weight is 315 g/mol. The van der Waals surface area contributed by atoms with Gasteiger partial charge in [0.15, 0.2) is 10.8 Å². The summed E-state index contributed by atoms with van der Waals surface area (Å²) in [5, 5.41) is 11.0. The molecule has 6 nitrogen and oxygen atoms in total. The van der Waals surface area contributed by atoms with Gasteiger partial charge in [-0.25, -0.2) is 9.67 Å². The van der Waals surface area contributed by atoms with Crippen LogP contribution in [0.15, 0.2) is 30.3 Å². The highest BCUT2D eigenvalue weighted by molar-refractivity contribution is 7.22. The number of fused-ring (bicyclic) bond motifs is 1. The van der Waals surface area contributed by atoms with Gasteiger partial charge in [-0.3, -0.25) is 4.79 Å². The second-order valence-corrected chi connectivity index (χ2v) is 5.98. The van der Waals surface area contributed by atoms with E-state index in [2.05, 4.69) is 20.7 Å². The maximum atomic E-state index is 12.2. The van der Waals surface area contributed by atoms with Crippen LogP contribution in [0.3, 0.4) is 0 Å². The Balaban J connectivity index is 1.95. The van der Waals surface area contributed by atoms with Gasteiger partial charge in [0.05, 0.1) is 10.4 Å². The molecule has 0 spiro atoms. The molecular weight excluding hydrogens is 298 g/mol. The predicted octanol–water partition coefficient (Wildman–Crippen LogP) is 2.24. The lowest BCUT2D eigenvalue weighted by atomic mass is 10.1. The molecule has 0 fully saturated rings. The Morgan fingerprint density at radius 2 is 2.05 bits per heavy atom. The van der Waals surface area contributed by atoms with Crippen LogP contribution in [0, 0.1) is 6.92 Å². The average Bonchev–Trinajstić information content (AvgIpc) is 3.06. The highest BCUT2D eigenvalue weighted by Gasteiger charge is 2.21. The molecular formula is C15H17N5OS. The largest absolute Gasteiger partial charge is 0.357 e. The highest BCUT2D eigenvalue weighted by Crippen LogP contribution is 2.30. The summed E-state index contributed by atoms with van der Waals surface area (Å²) in [5.74, 6) is -0.0969. The minimum absolute atomic E-state index is 0.0969. The lowest BCUT2D eigenvalue weighted by Crippen LogP contribution is -2.30. The van der Waals surface area contributed by atoms with E-state index in [0.717, 1.165) is 21.6 Å². The Labute approximate surface area is 132 Å². The Bertz CT molecular complexity index is 774. The van der Waals surface area contributed by atoms with Crippen molar-refractivity contribution >= 4 is 32.7 Å². The number of rotatable bonds is 4. The van der Waals surface area contributed by atoms with Gasteiger partial charge in [0, 0.05) is 14.1 Å². The number of hydrogen-bond donors (Lipinski definition) is 2. The number of aryl methyl sites for hydroxylation is 2. The summed E-state index contributed by atoms with van der Waals surface area (Å²) in [5.41, 5.74) is 2.67. The second-order valence-electron chi connectivity index (χ2n) is 4.98. The minimum Gasteiger partial charge on any atom is -0.357 e. The molecule has 0 unspecified atom stereocenters. The third kappa shape index (κ3) is 2.55. The van der Waals surface area contributed by atoms with E-state index in [1.807, 2.05) is 44.3 Å². The zero-order valence-corrected chi connectivity index (χ0v) is 13.4. The number of thiazole rings is 1. The van der Waals surface area contributed by atoms with Gasteiger partial charge in [-0.05, 0) is 12.5 Å². The molecule has 3 rings (SSSR count). The summed E-state index contributed by atoms with van der Waals surface area (Å²) in [6.45, 7) is 1.96. The first-order valence-corrected chi connectivity index (χ1v) is 7.75. The van der Waals surface area contributed by atoms with Gasteiger partial charge < -0.3 is 10.6 Å². The van der Waals surface area contributed by atoms with Gasteiger partial charge >= 0.3 is 0 Å². The Hall–Kier alpha value is -2.41. The van der Waals surface area contributed by atoms with Crippen LogP contribution in [-0.4, -0.2) is 27.7 Å². The fraction of sp³-hybridized carbons (Fsp3) is 0.267. The van der Waals surface area contributed by atoms with Gasteiger partial charge in [0.2, 0.25) is 5.91 Å². The Morgan fingerprint density at radius 3 is 2.68 bits per heavy atom. The molecule has 2 heterocycles. The number of anilines is 1. The van der Waals surface area contributed by atoms with Gasteiger partial charge in [0.1, 0.15) is 6.04 Å². The molecule has 2 N–H and O–H groups in total.